The van der Waals surface area contributed by atoms with Gasteiger partial charge in [0.2, 0.25) is 0 Å². The minimum atomic E-state index is -1.01. The van der Waals surface area contributed by atoms with E-state index in [4.69, 9.17) is 32.5 Å². The molecule has 0 aliphatic rings. The molecule has 0 fully saturated rings. The van der Waals surface area contributed by atoms with E-state index in [1.54, 1.807) is 0 Å². The van der Waals surface area contributed by atoms with Gasteiger partial charge in [-0.1, -0.05) is 6.66 Å². The van der Waals surface area contributed by atoms with Crippen LogP contribution in [0.4, 0.5) is 0 Å². The van der Waals surface area contributed by atoms with Crippen LogP contribution in [-0.2, 0) is 14.4 Å². The fourth-order valence-corrected chi connectivity index (χ4v) is 9.28. The van der Waals surface area contributed by atoms with E-state index in [2.05, 4.69) is 17.2 Å². The van der Waals surface area contributed by atoms with Crippen molar-refractivity contribution in [2.24, 2.45) is 17.2 Å². The van der Waals surface area contributed by atoms with Gasteiger partial charge in [0, 0.05) is 8.41 Å². The maximum Gasteiger partial charge on any atom is 1.00 e. The maximum absolute atomic E-state index is 10.3. The van der Waals surface area contributed by atoms with E-state index in [1.165, 1.54) is 0 Å². The predicted molar refractivity (Wildman–Crippen MR) is 111 cm³/mol. The number of carbonyl (C=O) groups is 3. The topological polar surface area (TPSA) is 190 Å². The van der Waals surface area contributed by atoms with Gasteiger partial charge in [0.05, 0.1) is 0 Å². The Bertz CT molecular complexity index is 367. The summed E-state index contributed by atoms with van der Waals surface area (Å²) in [6.07, 6.45) is 0. The Hall–Kier alpha value is 1.77. The molecule has 0 aromatic heterocycles. The van der Waals surface area contributed by atoms with Crippen LogP contribution in [0, 0.1) is 0 Å². The van der Waals surface area contributed by atoms with Crippen LogP contribution in [0.3, 0.4) is 0 Å². The Balaban J connectivity index is -0.0000000739. The number of aliphatic carboxylic acids is 3. The van der Waals surface area contributed by atoms with Crippen molar-refractivity contribution in [2.45, 2.75) is 34.1 Å². The summed E-state index contributed by atoms with van der Waals surface area (Å²) in [7, 11) is 4.90. The Kier molecular flexibility index (Phi) is 39.5. The molecule has 0 saturated carbocycles. The molecule has 9 nitrogen and oxygen atoms in total. The normalized spacial score (nSPS) is 12.2. The van der Waals surface area contributed by atoms with E-state index >= 15 is 0 Å². The molecule has 9 N–H and O–H groups in total. The van der Waals surface area contributed by atoms with E-state index in [0.717, 1.165) is 0 Å². The van der Waals surface area contributed by atoms with Gasteiger partial charge in [-0.2, -0.15) is 0 Å². The summed E-state index contributed by atoms with van der Waals surface area (Å²) in [5, 5.41) is 26.6. The van der Waals surface area contributed by atoms with Crippen LogP contribution < -0.4 is 46.8 Å². The number of hydrogen-bond acceptors (Lipinski definition) is 6. The minimum absolute atomic E-state index is 0. The molecule has 0 spiro atoms. The summed E-state index contributed by atoms with van der Waals surface area (Å²) in [5.41, 5.74) is 15.7. The van der Waals surface area contributed by atoms with Gasteiger partial charge in [-0.15, -0.1) is 9.24 Å². The molecule has 0 bridgehead atoms. The zero-order valence-electron chi connectivity index (χ0n) is 15.6. The van der Waals surface area contributed by atoms with Gasteiger partial charge in [0.1, 0.15) is 0 Å². The smallest absolute Gasteiger partial charge is 1.00 e. The third-order valence-corrected chi connectivity index (χ3v) is 11.2. The van der Waals surface area contributed by atoms with Crippen molar-refractivity contribution < 1.29 is 60.7 Å². The number of nitrogens with two attached hydrogens (primary N) is 3. The number of rotatable bonds is 10. The molecule has 5 unspecified atom stereocenters. The minimum Gasteiger partial charge on any atom is -1.00 e. The van der Waals surface area contributed by atoms with E-state index in [1.807, 2.05) is 6.66 Å². The Labute approximate surface area is 201 Å². The van der Waals surface area contributed by atoms with E-state index in [9.17, 15) is 14.4 Å². The van der Waals surface area contributed by atoms with Crippen LogP contribution in [0.15, 0.2) is 0 Å². The molecule has 0 aliphatic carbocycles. The average molecular weight is 617 g/mol. The van der Waals surface area contributed by atoms with Gasteiger partial charge in [-0.25, -0.2) is 0 Å². The molecule has 0 aromatic carbocycles. The van der Waals surface area contributed by atoms with Crippen LogP contribution in [0.25, 0.3) is 0 Å². The van der Waals surface area contributed by atoms with Crippen molar-refractivity contribution in [1.82, 2.24) is 0 Å². The predicted octanol–water partition coefficient (Wildman–Crippen LogP) is -5.49. The maximum atomic E-state index is 10.3. The second-order valence-electron chi connectivity index (χ2n) is 3.74. The zero-order chi connectivity index (χ0) is 19.7. The van der Waals surface area contributed by atoms with Crippen LogP contribution in [0.5, 0.6) is 0 Å². The molecule has 0 saturated heterocycles. The first-order valence-electron chi connectivity index (χ1n) is 6.22. The number of carboxylic acids is 3. The summed E-state index contributed by atoms with van der Waals surface area (Å²) in [6.45, 7) is 1.92. The summed E-state index contributed by atoms with van der Waals surface area (Å²) in [6, 6.07) is -2.30. The molecule has 5 atom stereocenters. The molecule has 3 radical (unpaired) electrons. The van der Waals surface area contributed by atoms with Crippen molar-refractivity contribution in [3.8, 4) is 0 Å². The standard InChI is InChI=1S/C6H12N2O4Se2.C3H8NO2PSe.CH5P.B.Na.H/c7-3(5(9)10)1-13-14-2-4(8)6(11)12;4-2(1-8-7)3(5)6;1-2;;;/h3-4H,1-2,7-8H2,(H,9,10)(H,11,12);2H,1,4,7H2,(H,5,6);2H2,1H3;;;/q;;;;+1;-1. The number of hydrogen-bond donors (Lipinski definition) is 6. The van der Waals surface area contributed by atoms with Gasteiger partial charge >= 0.3 is 177 Å². The summed E-state index contributed by atoms with van der Waals surface area (Å²) in [5.74, 6) is -2.93. The van der Waals surface area contributed by atoms with Crippen LogP contribution in [0.2, 0.25) is 16.0 Å². The summed E-state index contributed by atoms with van der Waals surface area (Å²) in [4.78, 5) is 30.6. The van der Waals surface area contributed by atoms with Gasteiger partial charge in [-0.05, 0) is 0 Å². The molecule has 0 aliphatic heterocycles. The first-order chi connectivity index (χ1) is 11.1. The monoisotopic (exact) mass is 620 g/mol. The SMILES string of the molecule is CP.NC(C[Se]P)C(=O)O.NC(C[Se][Se]CC(N)C(=O)O)C(=O)O.[B].[H-].[Na+]. The average Bonchev–Trinajstić information content (AvgIpc) is 2.53. The van der Waals surface area contributed by atoms with Gasteiger partial charge in [0.25, 0.3) is 0 Å². The quantitative estimate of drug-likeness (QED) is 0.0790. The molecule has 0 rings (SSSR count). The van der Waals surface area contributed by atoms with E-state index in [-0.39, 0.29) is 80.2 Å². The van der Waals surface area contributed by atoms with Crippen molar-refractivity contribution in [3.05, 3.63) is 0 Å². The Morgan fingerprint density at radius 1 is 0.846 bits per heavy atom. The fraction of sp³-hybridized carbons (Fsp3) is 0.700. The van der Waals surface area contributed by atoms with Crippen LogP contribution >= 0.6 is 17.2 Å². The molecule has 16 heteroatoms. The van der Waals surface area contributed by atoms with Gasteiger partial charge in [-0.3, -0.25) is 0 Å². The Morgan fingerprint density at radius 2 is 1.08 bits per heavy atom. The summed E-state index contributed by atoms with van der Waals surface area (Å²) >= 11 is 0.508. The van der Waals surface area contributed by atoms with Crippen molar-refractivity contribution in [1.29, 1.82) is 0 Å². The third kappa shape index (κ3) is 28.0. The second-order valence-corrected chi connectivity index (χ2v) is 14.4. The first-order valence-corrected chi connectivity index (χ1v) is 18.8. The third-order valence-electron chi connectivity index (χ3n) is 1.81. The van der Waals surface area contributed by atoms with Crippen LogP contribution in [-0.4, -0.2) is 107 Å². The largest absolute Gasteiger partial charge is 1.00 e. The van der Waals surface area contributed by atoms with E-state index < -0.39 is 36.0 Å². The van der Waals surface area contributed by atoms with Crippen LogP contribution in [0.1, 0.15) is 1.43 Å². The van der Waals surface area contributed by atoms with Crippen molar-refractivity contribution in [3.63, 3.8) is 0 Å². The van der Waals surface area contributed by atoms with Gasteiger partial charge < -0.3 is 1.43 Å². The molecule has 26 heavy (non-hydrogen) atoms. The van der Waals surface area contributed by atoms with Crippen molar-refractivity contribution in [2.75, 3.05) is 6.66 Å². The molecular formula is C10H26BN3NaO6P2Se3. The zero-order valence-corrected chi connectivity index (χ0v) is 24.1. The molecule has 0 heterocycles. The molecule has 0 amide bonds. The fourth-order valence-electron chi connectivity index (χ4n) is 0.560. The number of carboxylic acid groups (broad SMARTS) is 3. The molecule has 149 valence electrons. The van der Waals surface area contributed by atoms with Crippen molar-refractivity contribution >= 4 is 84.3 Å². The Morgan fingerprint density at radius 3 is 1.23 bits per heavy atom. The first kappa shape index (κ1) is 38.4. The molecule has 0 aromatic rings. The van der Waals surface area contributed by atoms with Gasteiger partial charge in [0.15, 0.2) is 0 Å². The molecular weight excluding hydrogens is 591 g/mol. The van der Waals surface area contributed by atoms with E-state index in [0.29, 0.717) is 16.0 Å². The second kappa shape index (κ2) is 26.8. The summed E-state index contributed by atoms with van der Waals surface area (Å²) < 4.78 is 0.